The number of methoxy groups -OCH3 is 1. The van der Waals surface area contributed by atoms with E-state index in [1.54, 1.807) is 24.5 Å². The minimum Gasteiger partial charge on any atom is -0.481 e. The number of hydrogen-bond donors (Lipinski definition) is 1. The molecule has 0 spiro atoms. The van der Waals surface area contributed by atoms with Crippen LogP contribution in [0.2, 0.25) is 0 Å². The molecular weight excluding hydrogens is 290 g/mol. The molecule has 2 heterocycles. The van der Waals surface area contributed by atoms with E-state index in [4.69, 9.17) is 10.5 Å². The molecule has 1 atom stereocenters. The molecule has 0 aromatic carbocycles. The molecule has 1 unspecified atom stereocenters. The third-order valence-corrected chi connectivity index (χ3v) is 3.92. The standard InChI is InChI=1S/C10H10BrN3OS/c1-15-9-2-8(13-5-14-9)10(12)6-3-16-4-7(6)11/h2-5,10H,12H2,1H3. The smallest absolute Gasteiger partial charge is 0.216 e. The topological polar surface area (TPSA) is 61.0 Å². The van der Waals surface area contributed by atoms with E-state index in [0.717, 1.165) is 15.7 Å². The van der Waals surface area contributed by atoms with Crippen LogP contribution in [0.5, 0.6) is 5.88 Å². The van der Waals surface area contributed by atoms with Crippen molar-refractivity contribution in [3.63, 3.8) is 0 Å². The fourth-order valence-electron chi connectivity index (χ4n) is 1.31. The Bertz CT molecular complexity index is 488. The monoisotopic (exact) mass is 299 g/mol. The Balaban J connectivity index is 2.33. The normalized spacial score (nSPS) is 12.4. The fraction of sp³-hybridized carbons (Fsp3) is 0.200. The number of ether oxygens (including phenoxy) is 1. The van der Waals surface area contributed by atoms with E-state index < -0.39 is 0 Å². The third-order valence-electron chi connectivity index (χ3n) is 2.17. The second-order valence-electron chi connectivity index (χ2n) is 3.14. The number of thiophene rings is 1. The van der Waals surface area contributed by atoms with Crippen molar-refractivity contribution in [2.75, 3.05) is 7.11 Å². The second kappa shape index (κ2) is 4.90. The molecule has 84 valence electrons. The molecule has 2 N–H and O–H groups in total. The summed E-state index contributed by atoms with van der Waals surface area (Å²) in [6.07, 6.45) is 1.45. The van der Waals surface area contributed by atoms with Crippen LogP contribution in [0.3, 0.4) is 0 Å². The first-order chi connectivity index (χ1) is 7.72. The molecule has 0 aliphatic heterocycles. The fourth-order valence-corrected chi connectivity index (χ4v) is 2.89. The largest absolute Gasteiger partial charge is 0.481 e. The van der Waals surface area contributed by atoms with E-state index in [2.05, 4.69) is 25.9 Å². The maximum absolute atomic E-state index is 6.12. The van der Waals surface area contributed by atoms with Gasteiger partial charge in [0.05, 0.1) is 18.8 Å². The van der Waals surface area contributed by atoms with E-state index in [9.17, 15) is 0 Å². The van der Waals surface area contributed by atoms with Crippen molar-refractivity contribution >= 4 is 27.3 Å². The maximum atomic E-state index is 6.12. The highest BCUT2D eigenvalue weighted by Crippen LogP contribution is 2.29. The number of halogens is 1. The van der Waals surface area contributed by atoms with Crippen LogP contribution >= 0.6 is 27.3 Å². The van der Waals surface area contributed by atoms with Gasteiger partial charge < -0.3 is 10.5 Å². The van der Waals surface area contributed by atoms with Gasteiger partial charge in [-0.3, -0.25) is 0 Å². The van der Waals surface area contributed by atoms with Gasteiger partial charge in [-0.15, -0.1) is 0 Å². The predicted molar refractivity (Wildman–Crippen MR) is 66.6 cm³/mol. The number of nitrogens with zero attached hydrogens (tertiary/aromatic N) is 2. The highest BCUT2D eigenvalue weighted by atomic mass is 79.9. The minimum atomic E-state index is -0.266. The third kappa shape index (κ3) is 2.23. The molecule has 6 heteroatoms. The average molecular weight is 300 g/mol. The molecule has 2 aromatic rings. The summed E-state index contributed by atoms with van der Waals surface area (Å²) < 4.78 is 6.04. The van der Waals surface area contributed by atoms with Crippen LogP contribution in [0, 0.1) is 0 Å². The SMILES string of the molecule is COc1cc(C(N)c2cscc2Br)ncn1. The zero-order valence-electron chi connectivity index (χ0n) is 8.55. The van der Waals surface area contributed by atoms with Crippen LogP contribution in [0.15, 0.2) is 27.6 Å². The first-order valence-electron chi connectivity index (χ1n) is 4.55. The average Bonchev–Trinajstić information content (AvgIpc) is 2.74. The Morgan fingerprint density at radius 3 is 2.88 bits per heavy atom. The quantitative estimate of drug-likeness (QED) is 0.945. The molecule has 0 bridgehead atoms. The summed E-state index contributed by atoms with van der Waals surface area (Å²) in [5.74, 6) is 0.520. The minimum absolute atomic E-state index is 0.266. The molecule has 4 nitrogen and oxygen atoms in total. The van der Waals surface area contributed by atoms with Crippen molar-refractivity contribution in [2.24, 2.45) is 5.73 Å². The van der Waals surface area contributed by atoms with E-state index in [1.165, 1.54) is 6.33 Å². The van der Waals surface area contributed by atoms with Crippen LogP contribution in [-0.2, 0) is 0 Å². The first-order valence-corrected chi connectivity index (χ1v) is 6.29. The van der Waals surface area contributed by atoms with E-state index in [-0.39, 0.29) is 6.04 Å². The summed E-state index contributed by atoms with van der Waals surface area (Å²) in [5, 5.41) is 4.00. The van der Waals surface area contributed by atoms with Crippen molar-refractivity contribution < 1.29 is 4.74 Å². The molecule has 0 saturated heterocycles. The number of hydrogen-bond acceptors (Lipinski definition) is 5. The lowest BCUT2D eigenvalue weighted by Crippen LogP contribution is -2.13. The Morgan fingerprint density at radius 2 is 2.25 bits per heavy atom. The van der Waals surface area contributed by atoms with Gasteiger partial charge in [-0.1, -0.05) is 0 Å². The summed E-state index contributed by atoms with van der Waals surface area (Å²) in [4.78, 5) is 8.10. The molecule has 0 amide bonds. The summed E-state index contributed by atoms with van der Waals surface area (Å²) in [6.45, 7) is 0. The highest BCUT2D eigenvalue weighted by Gasteiger charge is 2.15. The number of nitrogens with two attached hydrogens (primary N) is 1. The van der Waals surface area contributed by atoms with Crippen molar-refractivity contribution in [2.45, 2.75) is 6.04 Å². The van der Waals surface area contributed by atoms with Crippen molar-refractivity contribution in [3.05, 3.63) is 38.9 Å². The van der Waals surface area contributed by atoms with Crippen LogP contribution in [0.4, 0.5) is 0 Å². The second-order valence-corrected chi connectivity index (χ2v) is 4.74. The van der Waals surface area contributed by atoms with Gasteiger partial charge in [0.1, 0.15) is 6.33 Å². The lowest BCUT2D eigenvalue weighted by Gasteiger charge is -2.10. The highest BCUT2D eigenvalue weighted by molar-refractivity contribution is 9.10. The summed E-state index contributed by atoms with van der Waals surface area (Å²) in [6, 6.07) is 1.48. The molecule has 0 aliphatic rings. The summed E-state index contributed by atoms with van der Waals surface area (Å²) in [5.41, 5.74) is 7.88. The van der Waals surface area contributed by atoms with Gasteiger partial charge in [-0.25, -0.2) is 9.97 Å². The lowest BCUT2D eigenvalue weighted by atomic mass is 10.1. The van der Waals surface area contributed by atoms with Crippen LogP contribution in [-0.4, -0.2) is 17.1 Å². The van der Waals surface area contributed by atoms with E-state index in [0.29, 0.717) is 5.88 Å². The molecular formula is C10H10BrN3OS. The van der Waals surface area contributed by atoms with Gasteiger partial charge in [0, 0.05) is 15.9 Å². The Hall–Kier alpha value is -0.980. The Labute approximate surface area is 106 Å². The Morgan fingerprint density at radius 1 is 1.44 bits per heavy atom. The van der Waals surface area contributed by atoms with E-state index >= 15 is 0 Å². The van der Waals surface area contributed by atoms with Gasteiger partial charge in [0.25, 0.3) is 0 Å². The van der Waals surface area contributed by atoms with E-state index in [1.807, 2.05) is 10.8 Å². The van der Waals surface area contributed by atoms with Gasteiger partial charge in [-0.05, 0) is 26.9 Å². The van der Waals surface area contributed by atoms with Gasteiger partial charge in [0.2, 0.25) is 5.88 Å². The zero-order valence-corrected chi connectivity index (χ0v) is 11.0. The summed E-state index contributed by atoms with van der Waals surface area (Å²) >= 11 is 5.05. The van der Waals surface area contributed by atoms with Crippen LogP contribution in [0.25, 0.3) is 0 Å². The Kier molecular flexibility index (Phi) is 3.52. The van der Waals surface area contributed by atoms with Crippen molar-refractivity contribution in [1.29, 1.82) is 0 Å². The first kappa shape index (κ1) is 11.5. The molecule has 2 rings (SSSR count). The molecule has 2 aromatic heterocycles. The predicted octanol–water partition coefficient (Wildman–Crippen LogP) is 2.36. The van der Waals surface area contributed by atoms with Gasteiger partial charge >= 0.3 is 0 Å². The maximum Gasteiger partial charge on any atom is 0.216 e. The zero-order chi connectivity index (χ0) is 11.5. The number of aromatic nitrogens is 2. The van der Waals surface area contributed by atoms with Crippen molar-refractivity contribution in [3.8, 4) is 5.88 Å². The molecule has 0 aliphatic carbocycles. The van der Waals surface area contributed by atoms with Crippen molar-refractivity contribution in [1.82, 2.24) is 9.97 Å². The molecule has 0 fully saturated rings. The summed E-state index contributed by atoms with van der Waals surface area (Å²) in [7, 11) is 1.57. The van der Waals surface area contributed by atoms with Crippen LogP contribution < -0.4 is 10.5 Å². The molecule has 0 radical (unpaired) electrons. The van der Waals surface area contributed by atoms with Gasteiger partial charge in [-0.2, -0.15) is 11.3 Å². The molecule has 0 saturated carbocycles. The lowest BCUT2D eigenvalue weighted by molar-refractivity contribution is 0.395. The number of rotatable bonds is 3. The van der Waals surface area contributed by atoms with Crippen LogP contribution in [0.1, 0.15) is 17.3 Å². The molecule has 16 heavy (non-hydrogen) atoms. The van der Waals surface area contributed by atoms with Gasteiger partial charge in [0.15, 0.2) is 0 Å².